The summed E-state index contributed by atoms with van der Waals surface area (Å²) in [4.78, 5) is 40.6. The summed E-state index contributed by atoms with van der Waals surface area (Å²) in [6, 6.07) is -1.45. The van der Waals surface area contributed by atoms with Gasteiger partial charge >= 0.3 is 18.7 Å². The topological polar surface area (TPSA) is 159 Å². The second-order valence-electron chi connectivity index (χ2n) is 8.15. The highest BCUT2D eigenvalue weighted by atomic mass is 16.5. The second-order valence-corrected chi connectivity index (χ2v) is 8.15. The van der Waals surface area contributed by atoms with Gasteiger partial charge in [-0.05, 0) is 24.7 Å². The van der Waals surface area contributed by atoms with Crippen molar-refractivity contribution in [3.8, 4) is 0 Å². The van der Waals surface area contributed by atoms with Gasteiger partial charge in [-0.25, -0.2) is 4.98 Å². The zero-order chi connectivity index (χ0) is 22.4. The monoisotopic (exact) mass is 423 g/mol. The van der Waals surface area contributed by atoms with Crippen molar-refractivity contribution in [2.75, 3.05) is 0 Å². The Morgan fingerprint density at radius 2 is 1.67 bits per heavy atom. The van der Waals surface area contributed by atoms with E-state index in [2.05, 4.69) is 10.1 Å². The van der Waals surface area contributed by atoms with Crippen molar-refractivity contribution in [3.63, 3.8) is 0 Å². The lowest BCUT2D eigenvalue weighted by molar-refractivity contribution is -0.775. The molecule has 2 atom stereocenters. The Balaban J connectivity index is 2.02. The molecule has 166 valence electrons. The number of nitrogens with zero attached hydrogens (tertiary/aromatic N) is 3. The van der Waals surface area contributed by atoms with Crippen molar-refractivity contribution in [2.24, 2.45) is 23.3 Å². The molecular formula is C19H31N6O5+. The molecule has 0 saturated heterocycles. The van der Waals surface area contributed by atoms with Gasteiger partial charge in [0.25, 0.3) is 5.56 Å². The van der Waals surface area contributed by atoms with Gasteiger partial charge in [-0.3, -0.25) is 19.0 Å². The van der Waals surface area contributed by atoms with Crippen LogP contribution in [-0.2, 0) is 32.5 Å². The van der Waals surface area contributed by atoms with E-state index in [4.69, 9.17) is 20.9 Å². The highest BCUT2D eigenvalue weighted by molar-refractivity contribution is 5.75. The molecule has 2 aromatic rings. The first-order valence-electron chi connectivity index (χ1n) is 9.90. The third-order valence-corrected chi connectivity index (χ3v) is 4.36. The molecule has 0 unspecified atom stereocenters. The van der Waals surface area contributed by atoms with Crippen LogP contribution in [0, 0.1) is 11.8 Å². The average molecular weight is 423 g/mol. The lowest BCUT2D eigenvalue weighted by Gasteiger charge is -2.13. The van der Waals surface area contributed by atoms with Crippen molar-refractivity contribution in [1.29, 1.82) is 0 Å². The molecule has 2 rings (SSSR count). The van der Waals surface area contributed by atoms with Crippen LogP contribution in [-0.4, -0.2) is 38.7 Å². The van der Waals surface area contributed by atoms with E-state index in [0.717, 1.165) is 4.57 Å². The summed E-state index contributed by atoms with van der Waals surface area (Å²) in [5, 5.41) is 3.10. The van der Waals surface area contributed by atoms with Crippen molar-refractivity contribution in [2.45, 2.75) is 66.1 Å². The van der Waals surface area contributed by atoms with Crippen molar-refractivity contribution >= 4 is 23.0 Å². The molecule has 11 nitrogen and oxygen atoms in total. The number of carbonyl (C=O) groups excluding carboxylic acids is 2. The van der Waals surface area contributed by atoms with Crippen LogP contribution in [0.1, 0.15) is 40.5 Å². The number of aromatic amines is 1. The maximum absolute atomic E-state index is 12.6. The van der Waals surface area contributed by atoms with Crippen LogP contribution in [0.4, 0.5) is 0 Å². The van der Waals surface area contributed by atoms with Crippen LogP contribution >= 0.6 is 0 Å². The Hall–Kier alpha value is -2.79. The second kappa shape index (κ2) is 10.3. The Morgan fingerprint density at radius 3 is 2.23 bits per heavy atom. The number of aromatic nitrogens is 4. The molecule has 0 fully saturated rings. The molecule has 0 radical (unpaired) electrons. The zero-order valence-corrected chi connectivity index (χ0v) is 17.8. The number of nitrogens with one attached hydrogen (secondary N) is 1. The van der Waals surface area contributed by atoms with Crippen LogP contribution in [0.2, 0.25) is 0 Å². The molecule has 0 spiro atoms. The fourth-order valence-corrected chi connectivity index (χ4v) is 2.89. The molecule has 0 aliphatic heterocycles. The van der Waals surface area contributed by atoms with Crippen LogP contribution in [0.25, 0.3) is 11.0 Å². The number of carbonyl (C=O) groups is 2. The number of H-pyrrole nitrogens is 1. The summed E-state index contributed by atoms with van der Waals surface area (Å²) in [6.45, 7) is 7.39. The molecule has 5 N–H and O–H groups in total. The quantitative estimate of drug-likeness (QED) is 0.349. The van der Waals surface area contributed by atoms with E-state index >= 15 is 0 Å². The minimum atomic E-state index is -0.747. The summed E-state index contributed by atoms with van der Waals surface area (Å²) in [5.74, 6) is -0.586. The predicted molar refractivity (Wildman–Crippen MR) is 108 cm³/mol. The third-order valence-electron chi connectivity index (χ3n) is 4.36. The van der Waals surface area contributed by atoms with Gasteiger partial charge in [0.15, 0.2) is 12.1 Å². The fraction of sp³-hybridized carbons (Fsp3) is 0.632. The molecular weight excluding hydrogens is 392 g/mol. The normalized spacial score (nSPS) is 13.6. The van der Waals surface area contributed by atoms with Crippen LogP contribution in [0.3, 0.4) is 0 Å². The molecule has 0 amide bonds. The lowest BCUT2D eigenvalue weighted by atomic mass is 10.1. The molecule has 0 aliphatic carbocycles. The Morgan fingerprint density at radius 1 is 1.10 bits per heavy atom. The van der Waals surface area contributed by atoms with Gasteiger partial charge in [0.1, 0.15) is 18.4 Å². The third kappa shape index (κ3) is 6.36. The summed E-state index contributed by atoms with van der Waals surface area (Å²) >= 11 is 0. The van der Waals surface area contributed by atoms with Gasteiger partial charge in [-0.1, -0.05) is 32.4 Å². The number of hydrogen-bond acceptors (Lipinski definition) is 8. The summed E-state index contributed by atoms with van der Waals surface area (Å²) in [7, 11) is 0. The Bertz CT molecular complexity index is 935. The van der Waals surface area contributed by atoms with E-state index in [1.807, 2.05) is 27.7 Å². The van der Waals surface area contributed by atoms with Crippen molar-refractivity contribution in [1.82, 2.24) is 14.6 Å². The minimum Gasteiger partial charge on any atom is -0.443 e. The minimum absolute atomic E-state index is 0.139. The number of hydrogen-bond donors (Lipinski definition) is 3. The Labute approximate surface area is 174 Å². The number of ether oxygens (including phenoxy) is 2. The van der Waals surface area contributed by atoms with E-state index in [9.17, 15) is 14.4 Å². The standard InChI is InChI=1S/C19H30N6O5/c1-11(2)5-14(20)18(27)29-9-24-8-22-16-13(17(24)26)7-25(23-16)10-30-19(28)15(21)6-12(3)4/h7-8,11-12,14-15H,5-6,9-10,20-21H2,1-4H3/p+1/t14-,15-/m0/s1. The molecule has 0 bridgehead atoms. The first kappa shape index (κ1) is 23.5. The molecule has 11 heteroatoms. The van der Waals surface area contributed by atoms with Gasteiger partial charge in [0.2, 0.25) is 11.8 Å². The summed E-state index contributed by atoms with van der Waals surface area (Å²) in [5.41, 5.74) is 11.5. The van der Waals surface area contributed by atoms with Gasteiger partial charge in [0, 0.05) is 0 Å². The van der Waals surface area contributed by atoms with E-state index < -0.39 is 29.6 Å². The molecule has 2 aromatic heterocycles. The van der Waals surface area contributed by atoms with Crippen LogP contribution in [0.5, 0.6) is 0 Å². The average Bonchev–Trinajstić information content (AvgIpc) is 3.08. The molecule has 0 saturated carbocycles. The van der Waals surface area contributed by atoms with Gasteiger partial charge in [-0.15, -0.1) is 5.10 Å². The summed E-state index contributed by atoms with van der Waals surface area (Å²) in [6.07, 6.45) is 3.73. The number of nitrogens with two attached hydrogens (primary N) is 2. The largest absolute Gasteiger partial charge is 0.443 e. The van der Waals surface area contributed by atoms with E-state index in [0.29, 0.717) is 18.5 Å². The smallest absolute Gasteiger partial charge is 0.327 e. The highest BCUT2D eigenvalue weighted by Gasteiger charge is 2.21. The first-order chi connectivity index (χ1) is 14.1. The number of esters is 2. The summed E-state index contributed by atoms with van der Waals surface area (Å²) < 4.78 is 12.9. The first-order valence-corrected chi connectivity index (χ1v) is 9.90. The van der Waals surface area contributed by atoms with Gasteiger partial charge in [-0.2, -0.15) is 0 Å². The van der Waals surface area contributed by atoms with Crippen molar-refractivity contribution in [3.05, 3.63) is 22.9 Å². The van der Waals surface area contributed by atoms with Crippen molar-refractivity contribution < 1.29 is 23.7 Å². The maximum Gasteiger partial charge on any atom is 0.327 e. The van der Waals surface area contributed by atoms with Crippen LogP contribution in [0.15, 0.2) is 17.3 Å². The molecule has 0 aliphatic rings. The zero-order valence-electron chi connectivity index (χ0n) is 17.8. The highest BCUT2D eigenvalue weighted by Crippen LogP contribution is 2.06. The SMILES string of the molecule is CC(C)C[C@H](N)C(=O)OCn1cnc2[nH][n+](COC(=O)[C@@H](N)CC(C)C)cc2c1=O. The fourth-order valence-electron chi connectivity index (χ4n) is 2.89. The molecule has 30 heavy (non-hydrogen) atoms. The number of rotatable bonds is 10. The van der Waals surface area contributed by atoms with E-state index in [1.54, 1.807) is 0 Å². The van der Waals surface area contributed by atoms with Gasteiger partial charge < -0.3 is 20.9 Å². The Kier molecular flexibility index (Phi) is 8.07. The predicted octanol–water partition coefficient (Wildman–Crippen LogP) is -0.240. The van der Waals surface area contributed by atoms with E-state index in [1.165, 1.54) is 17.2 Å². The molecule has 0 aromatic carbocycles. The maximum atomic E-state index is 12.6. The van der Waals surface area contributed by atoms with Crippen LogP contribution < -0.4 is 21.7 Å². The lowest BCUT2D eigenvalue weighted by Crippen LogP contribution is -2.41. The molecule has 2 heterocycles. The van der Waals surface area contributed by atoms with Gasteiger partial charge in [0.05, 0.1) is 0 Å². The van der Waals surface area contributed by atoms with E-state index in [-0.39, 0.29) is 30.7 Å². The number of fused-ring (bicyclic) bond motifs is 1.